The lowest BCUT2D eigenvalue weighted by Crippen LogP contribution is -1.90. The molecule has 11 heavy (non-hydrogen) atoms. The van der Waals surface area contributed by atoms with Crippen LogP contribution in [0.2, 0.25) is 0 Å². The lowest BCUT2D eigenvalue weighted by molar-refractivity contribution is -0.130. The molecule has 0 aliphatic heterocycles. The molecule has 0 aromatic carbocycles. The molecular weight excluding hydrogens is 152 g/mol. The number of carbonyl (C=O) groups excluding carboxylic acids is 1. The van der Waals surface area contributed by atoms with Crippen LogP contribution in [0.1, 0.15) is 11.5 Å². The number of hydrogen-bond donors (Lipinski definition) is 0. The summed E-state index contributed by atoms with van der Waals surface area (Å²) in [7, 11) is 0. The molecule has 1 heterocycles. The van der Waals surface area contributed by atoms with Crippen molar-refractivity contribution in [2.45, 2.75) is 13.5 Å². The Hall–Kier alpha value is -1.52. The van der Waals surface area contributed by atoms with E-state index in [0.29, 0.717) is 5.76 Å². The molecule has 0 atom stereocenters. The van der Waals surface area contributed by atoms with Gasteiger partial charge >= 0.3 is 5.82 Å². The fourth-order valence-electron chi connectivity index (χ4n) is 0.616. The molecule has 0 aliphatic carbocycles. The standard InChI is InChI=1S/C6H6O5/c1-4-5(2-9-3-7)11-6(8)10-4/h3H,2H2,1H3. The lowest BCUT2D eigenvalue weighted by Gasteiger charge is -1.91. The fraction of sp³-hybridized carbons (Fsp3) is 0.333. The Labute approximate surface area is 61.6 Å². The van der Waals surface area contributed by atoms with Crippen molar-refractivity contribution in [1.29, 1.82) is 0 Å². The largest absolute Gasteiger partial charge is 0.519 e. The SMILES string of the molecule is Cc1oc(=O)oc1COC=O. The first-order chi connectivity index (χ1) is 5.24. The number of carbonyl (C=O) groups is 1. The first kappa shape index (κ1) is 7.59. The van der Waals surface area contributed by atoms with Crippen LogP contribution < -0.4 is 5.82 Å². The van der Waals surface area contributed by atoms with Gasteiger partial charge in [0.2, 0.25) is 0 Å². The third-order valence-corrected chi connectivity index (χ3v) is 1.12. The zero-order chi connectivity index (χ0) is 8.27. The van der Waals surface area contributed by atoms with Crippen molar-refractivity contribution >= 4 is 6.47 Å². The van der Waals surface area contributed by atoms with Crippen LogP contribution in [0.25, 0.3) is 0 Å². The summed E-state index contributed by atoms with van der Waals surface area (Å²) in [6.07, 6.45) is 0. The summed E-state index contributed by atoms with van der Waals surface area (Å²) in [6, 6.07) is 0. The molecule has 60 valence electrons. The van der Waals surface area contributed by atoms with Crippen molar-refractivity contribution < 1.29 is 18.4 Å². The molecule has 0 radical (unpaired) electrons. The van der Waals surface area contributed by atoms with E-state index in [1.165, 1.54) is 0 Å². The summed E-state index contributed by atoms with van der Waals surface area (Å²) in [4.78, 5) is 20.1. The van der Waals surface area contributed by atoms with E-state index < -0.39 is 5.82 Å². The number of ether oxygens (including phenoxy) is 1. The summed E-state index contributed by atoms with van der Waals surface area (Å²) < 4.78 is 13.3. The second-order valence-corrected chi connectivity index (χ2v) is 1.84. The monoisotopic (exact) mass is 158 g/mol. The fourth-order valence-corrected chi connectivity index (χ4v) is 0.616. The predicted molar refractivity (Wildman–Crippen MR) is 32.8 cm³/mol. The molecule has 1 aromatic heterocycles. The minimum atomic E-state index is -0.785. The normalized spacial score (nSPS) is 9.55. The Bertz CT molecular complexity index is 294. The average Bonchev–Trinajstić information content (AvgIpc) is 2.26. The van der Waals surface area contributed by atoms with Crippen LogP contribution in [0, 0.1) is 6.92 Å². The van der Waals surface area contributed by atoms with Crippen molar-refractivity contribution in [3.05, 3.63) is 22.1 Å². The number of aryl methyl sites for hydroxylation is 1. The minimum Gasteiger partial charge on any atom is -0.460 e. The van der Waals surface area contributed by atoms with Gasteiger partial charge in [0.1, 0.15) is 0 Å². The molecule has 5 nitrogen and oxygen atoms in total. The molecule has 0 aliphatic rings. The molecule has 0 saturated heterocycles. The second kappa shape index (κ2) is 3.05. The third-order valence-electron chi connectivity index (χ3n) is 1.12. The van der Waals surface area contributed by atoms with E-state index in [4.69, 9.17) is 0 Å². The van der Waals surface area contributed by atoms with Crippen LogP contribution in [0.5, 0.6) is 0 Å². The van der Waals surface area contributed by atoms with E-state index in [1.807, 2.05) is 0 Å². The zero-order valence-electron chi connectivity index (χ0n) is 5.83. The van der Waals surface area contributed by atoms with Crippen LogP contribution in [-0.2, 0) is 16.1 Å². The highest BCUT2D eigenvalue weighted by Crippen LogP contribution is 2.04. The highest BCUT2D eigenvalue weighted by Gasteiger charge is 2.07. The Balaban J connectivity index is 2.77. The molecule has 0 fully saturated rings. The van der Waals surface area contributed by atoms with E-state index in [0.717, 1.165) is 0 Å². The van der Waals surface area contributed by atoms with Gasteiger partial charge in [0.05, 0.1) is 0 Å². The van der Waals surface area contributed by atoms with Gasteiger partial charge in [0, 0.05) is 0 Å². The Morgan fingerprint density at radius 3 is 2.73 bits per heavy atom. The third kappa shape index (κ3) is 1.70. The topological polar surface area (TPSA) is 69.7 Å². The lowest BCUT2D eigenvalue weighted by atomic mass is 10.4. The summed E-state index contributed by atoms with van der Waals surface area (Å²) >= 11 is 0. The van der Waals surface area contributed by atoms with Gasteiger partial charge in [-0.3, -0.25) is 4.79 Å². The first-order valence-electron chi connectivity index (χ1n) is 2.88. The maximum Gasteiger partial charge on any atom is 0.519 e. The Morgan fingerprint density at radius 2 is 2.27 bits per heavy atom. The summed E-state index contributed by atoms with van der Waals surface area (Å²) in [5, 5.41) is 0. The van der Waals surface area contributed by atoms with Crippen molar-refractivity contribution in [2.24, 2.45) is 0 Å². The van der Waals surface area contributed by atoms with Crippen LogP contribution in [0.3, 0.4) is 0 Å². The minimum absolute atomic E-state index is 0.0684. The molecule has 0 unspecified atom stereocenters. The summed E-state index contributed by atoms with van der Waals surface area (Å²) in [5.41, 5.74) is 0. The van der Waals surface area contributed by atoms with Crippen molar-refractivity contribution in [3.8, 4) is 0 Å². The molecule has 0 N–H and O–H groups in total. The van der Waals surface area contributed by atoms with Gasteiger partial charge in [-0.25, -0.2) is 4.79 Å². The van der Waals surface area contributed by atoms with Crippen molar-refractivity contribution in [3.63, 3.8) is 0 Å². The number of rotatable bonds is 3. The maximum atomic E-state index is 10.4. The van der Waals surface area contributed by atoms with Crippen molar-refractivity contribution in [2.75, 3.05) is 0 Å². The molecule has 0 amide bonds. The van der Waals surface area contributed by atoms with Gasteiger partial charge in [-0.15, -0.1) is 0 Å². The van der Waals surface area contributed by atoms with Gasteiger partial charge in [-0.1, -0.05) is 0 Å². The summed E-state index contributed by atoms with van der Waals surface area (Å²) in [5.74, 6) is -0.217. The van der Waals surface area contributed by atoms with Crippen LogP contribution in [0.15, 0.2) is 13.6 Å². The molecule has 0 saturated carbocycles. The molecule has 1 aromatic rings. The van der Waals surface area contributed by atoms with E-state index >= 15 is 0 Å². The second-order valence-electron chi connectivity index (χ2n) is 1.84. The highest BCUT2D eigenvalue weighted by atomic mass is 16.6. The van der Waals surface area contributed by atoms with Gasteiger partial charge < -0.3 is 13.6 Å². The molecule has 5 heteroatoms. The van der Waals surface area contributed by atoms with Crippen LogP contribution >= 0.6 is 0 Å². The average molecular weight is 158 g/mol. The highest BCUT2D eigenvalue weighted by molar-refractivity contribution is 5.37. The molecular formula is C6H6O5. The van der Waals surface area contributed by atoms with E-state index in [2.05, 4.69) is 13.6 Å². The maximum absolute atomic E-state index is 10.4. The van der Waals surface area contributed by atoms with E-state index in [9.17, 15) is 9.59 Å². The smallest absolute Gasteiger partial charge is 0.460 e. The van der Waals surface area contributed by atoms with E-state index in [-0.39, 0.29) is 18.8 Å². The van der Waals surface area contributed by atoms with Gasteiger partial charge in [-0.05, 0) is 6.92 Å². The van der Waals surface area contributed by atoms with Gasteiger partial charge in [0.25, 0.3) is 6.47 Å². The first-order valence-corrected chi connectivity index (χ1v) is 2.88. The Morgan fingerprint density at radius 1 is 1.55 bits per heavy atom. The predicted octanol–water partition coefficient (Wildman–Crippen LogP) is 0.214. The van der Waals surface area contributed by atoms with Crippen molar-refractivity contribution in [1.82, 2.24) is 0 Å². The molecule has 0 spiro atoms. The number of hydrogen-bond acceptors (Lipinski definition) is 5. The van der Waals surface area contributed by atoms with Crippen LogP contribution in [-0.4, -0.2) is 6.47 Å². The van der Waals surface area contributed by atoms with Crippen LogP contribution in [0.4, 0.5) is 0 Å². The van der Waals surface area contributed by atoms with Gasteiger partial charge in [-0.2, -0.15) is 0 Å². The quantitative estimate of drug-likeness (QED) is 0.588. The van der Waals surface area contributed by atoms with E-state index in [1.54, 1.807) is 6.92 Å². The van der Waals surface area contributed by atoms with Gasteiger partial charge in [0.15, 0.2) is 18.1 Å². The Kier molecular flexibility index (Phi) is 2.10. The molecule has 1 rings (SSSR count). The zero-order valence-corrected chi connectivity index (χ0v) is 5.83. The summed E-state index contributed by atoms with van der Waals surface area (Å²) in [6.45, 7) is 1.75. The molecule has 0 bridgehead atoms.